The van der Waals surface area contributed by atoms with Crippen molar-refractivity contribution < 1.29 is 19.4 Å². The molecule has 1 fully saturated rings. The van der Waals surface area contributed by atoms with Gasteiger partial charge in [-0.15, -0.1) is 0 Å². The maximum Gasteiger partial charge on any atom is 0.315 e. The number of amides is 2. The van der Waals surface area contributed by atoms with Crippen LogP contribution in [-0.4, -0.2) is 56.8 Å². The van der Waals surface area contributed by atoms with E-state index in [4.69, 9.17) is 14.6 Å². The van der Waals surface area contributed by atoms with Gasteiger partial charge in [-0.25, -0.2) is 4.79 Å². The van der Waals surface area contributed by atoms with Crippen molar-refractivity contribution in [3.8, 4) is 0 Å². The zero-order valence-electron chi connectivity index (χ0n) is 8.70. The Labute approximate surface area is 88.9 Å². The van der Waals surface area contributed by atoms with Crippen molar-refractivity contribution in [2.45, 2.75) is 12.5 Å². The average molecular weight is 218 g/mol. The number of hydrogen-bond acceptors (Lipinski definition) is 4. The van der Waals surface area contributed by atoms with E-state index in [-0.39, 0.29) is 18.7 Å². The van der Waals surface area contributed by atoms with Crippen molar-refractivity contribution in [3.05, 3.63) is 0 Å². The summed E-state index contributed by atoms with van der Waals surface area (Å²) in [5, 5.41) is 13.9. The van der Waals surface area contributed by atoms with E-state index in [2.05, 4.69) is 10.6 Å². The van der Waals surface area contributed by atoms with Crippen LogP contribution >= 0.6 is 0 Å². The Hall–Kier alpha value is -0.850. The molecule has 0 aliphatic carbocycles. The molecule has 15 heavy (non-hydrogen) atoms. The number of rotatable bonds is 6. The third-order valence-corrected chi connectivity index (χ3v) is 2.03. The van der Waals surface area contributed by atoms with Gasteiger partial charge in [-0.3, -0.25) is 0 Å². The fourth-order valence-corrected chi connectivity index (χ4v) is 1.29. The Morgan fingerprint density at radius 3 is 3.07 bits per heavy atom. The first-order chi connectivity index (χ1) is 7.33. The van der Waals surface area contributed by atoms with Gasteiger partial charge in [0.2, 0.25) is 0 Å². The molecule has 0 aromatic heterocycles. The topological polar surface area (TPSA) is 79.8 Å². The van der Waals surface area contributed by atoms with Crippen LogP contribution < -0.4 is 10.6 Å². The number of nitrogens with one attached hydrogen (secondary N) is 2. The molecule has 88 valence electrons. The van der Waals surface area contributed by atoms with Crippen molar-refractivity contribution in [1.82, 2.24) is 10.6 Å². The van der Waals surface area contributed by atoms with Gasteiger partial charge in [-0.2, -0.15) is 0 Å². The molecular formula is C9H18N2O4. The molecule has 1 aliphatic rings. The van der Waals surface area contributed by atoms with Crippen molar-refractivity contribution >= 4 is 6.03 Å². The molecule has 0 aromatic rings. The van der Waals surface area contributed by atoms with Crippen molar-refractivity contribution in [2.75, 3.05) is 39.6 Å². The molecule has 0 spiro atoms. The maximum atomic E-state index is 11.2. The molecule has 1 saturated heterocycles. The van der Waals surface area contributed by atoms with Crippen LogP contribution in [0.3, 0.4) is 0 Å². The molecular weight excluding hydrogens is 200 g/mol. The molecule has 0 bridgehead atoms. The second-order valence-corrected chi connectivity index (χ2v) is 3.30. The molecule has 1 aliphatic heterocycles. The molecule has 0 saturated carbocycles. The van der Waals surface area contributed by atoms with E-state index in [0.717, 1.165) is 6.42 Å². The third kappa shape index (κ3) is 5.56. The van der Waals surface area contributed by atoms with Crippen LogP contribution in [0.5, 0.6) is 0 Å². The highest BCUT2D eigenvalue weighted by Crippen LogP contribution is 2.02. The second kappa shape index (κ2) is 7.44. The van der Waals surface area contributed by atoms with Crippen LogP contribution in [0.2, 0.25) is 0 Å². The van der Waals surface area contributed by atoms with Gasteiger partial charge in [-0.05, 0) is 6.42 Å². The average Bonchev–Trinajstić information content (AvgIpc) is 2.70. The van der Waals surface area contributed by atoms with Gasteiger partial charge >= 0.3 is 6.03 Å². The Balaban J connectivity index is 1.93. The zero-order valence-corrected chi connectivity index (χ0v) is 8.70. The highest BCUT2D eigenvalue weighted by molar-refractivity contribution is 5.74. The molecule has 0 aromatic carbocycles. The summed E-state index contributed by atoms with van der Waals surface area (Å²) in [5.41, 5.74) is 0. The summed E-state index contributed by atoms with van der Waals surface area (Å²) in [6.07, 6.45) is 0.869. The Kier molecular flexibility index (Phi) is 6.06. The molecule has 3 N–H and O–H groups in total. The lowest BCUT2D eigenvalue weighted by molar-refractivity contribution is 0.0946. The van der Waals surface area contributed by atoms with Gasteiger partial charge in [0.15, 0.2) is 0 Å². The molecule has 1 atom stereocenters. The summed E-state index contributed by atoms with van der Waals surface area (Å²) in [6, 6.07) is -0.0681. The molecule has 0 radical (unpaired) electrons. The molecule has 6 heteroatoms. The first-order valence-electron chi connectivity index (χ1n) is 5.13. The number of ether oxygens (including phenoxy) is 2. The van der Waals surface area contributed by atoms with Crippen LogP contribution in [0.4, 0.5) is 4.79 Å². The largest absolute Gasteiger partial charge is 0.394 e. The predicted octanol–water partition coefficient (Wildman–Crippen LogP) is -0.917. The van der Waals surface area contributed by atoms with E-state index in [1.54, 1.807) is 0 Å². The minimum atomic E-state index is -0.196. The highest BCUT2D eigenvalue weighted by Gasteiger charge is 2.16. The fourth-order valence-electron chi connectivity index (χ4n) is 1.29. The van der Waals surface area contributed by atoms with E-state index in [1.165, 1.54) is 0 Å². The van der Waals surface area contributed by atoms with E-state index in [9.17, 15) is 4.79 Å². The Morgan fingerprint density at radius 1 is 1.53 bits per heavy atom. The van der Waals surface area contributed by atoms with E-state index >= 15 is 0 Å². The standard InChI is InChI=1S/C9H18N2O4/c12-3-6-14-5-2-10-9(13)11-8-1-4-15-7-8/h8,12H,1-7H2,(H2,10,11,13). The van der Waals surface area contributed by atoms with Gasteiger partial charge in [0.1, 0.15) is 0 Å². The number of carbonyl (C=O) groups excluding carboxylic acids is 1. The summed E-state index contributed by atoms with van der Waals surface area (Å²) in [4.78, 5) is 11.2. The normalized spacial score (nSPS) is 20.2. The van der Waals surface area contributed by atoms with Crippen molar-refractivity contribution in [3.63, 3.8) is 0 Å². The van der Waals surface area contributed by atoms with E-state index < -0.39 is 0 Å². The molecule has 1 heterocycles. The molecule has 6 nitrogen and oxygen atoms in total. The summed E-state index contributed by atoms with van der Waals surface area (Å²) >= 11 is 0. The lowest BCUT2D eigenvalue weighted by Crippen LogP contribution is -2.43. The number of hydrogen-bond donors (Lipinski definition) is 3. The number of aliphatic hydroxyl groups excluding tert-OH is 1. The van der Waals surface area contributed by atoms with Gasteiger partial charge < -0.3 is 25.2 Å². The van der Waals surface area contributed by atoms with Gasteiger partial charge in [-0.1, -0.05) is 0 Å². The van der Waals surface area contributed by atoms with Gasteiger partial charge in [0.05, 0.1) is 32.5 Å². The lowest BCUT2D eigenvalue weighted by atomic mass is 10.3. The number of urea groups is 1. The molecule has 1 rings (SSSR count). The van der Waals surface area contributed by atoms with Crippen LogP contribution in [-0.2, 0) is 9.47 Å². The maximum absolute atomic E-state index is 11.2. The first-order valence-corrected chi connectivity index (χ1v) is 5.13. The Morgan fingerprint density at radius 2 is 2.40 bits per heavy atom. The van der Waals surface area contributed by atoms with E-state index in [1.807, 2.05) is 0 Å². The monoisotopic (exact) mass is 218 g/mol. The SMILES string of the molecule is O=C(NCCOCCO)NC1CCOC1. The minimum Gasteiger partial charge on any atom is -0.394 e. The zero-order chi connectivity index (χ0) is 10.9. The quantitative estimate of drug-likeness (QED) is 0.504. The molecule has 2 amide bonds. The molecule has 1 unspecified atom stereocenters. The van der Waals surface area contributed by atoms with Crippen LogP contribution in [0.15, 0.2) is 0 Å². The lowest BCUT2D eigenvalue weighted by Gasteiger charge is -2.11. The summed E-state index contributed by atoms with van der Waals surface area (Å²) in [5.74, 6) is 0. The van der Waals surface area contributed by atoms with Gasteiger partial charge in [0.25, 0.3) is 0 Å². The van der Waals surface area contributed by atoms with Crippen LogP contribution in [0, 0.1) is 0 Å². The van der Waals surface area contributed by atoms with Crippen LogP contribution in [0.1, 0.15) is 6.42 Å². The fraction of sp³-hybridized carbons (Fsp3) is 0.889. The van der Waals surface area contributed by atoms with Gasteiger partial charge in [0, 0.05) is 13.2 Å². The van der Waals surface area contributed by atoms with Crippen molar-refractivity contribution in [2.24, 2.45) is 0 Å². The van der Waals surface area contributed by atoms with Crippen molar-refractivity contribution in [1.29, 1.82) is 0 Å². The third-order valence-electron chi connectivity index (χ3n) is 2.03. The number of aliphatic hydroxyl groups is 1. The summed E-state index contributed by atoms with van der Waals surface area (Å²) in [7, 11) is 0. The second-order valence-electron chi connectivity index (χ2n) is 3.30. The summed E-state index contributed by atoms with van der Waals surface area (Å²) in [6.45, 7) is 2.47. The first kappa shape index (κ1) is 12.2. The number of carbonyl (C=O) groups is 1. The van der Waals surface area contributed by atoms with E-state index in [0.29, 0.717) is 33.0 Å². The minimum absolute atomic E-state index is 0.00556. The summed E-state index contributed by atoms with van der Waals surface area (Å²) < 4.78 is 10.1. The smallest absolute Gasteiger partial charge is 0.315 e. The highest BCUT2D eigenvalue weighted by atomic mass is 16.5. The Bertz CT molecular complexity index is 183. The van der Waals surface area contributed by atoms with Crippen LogP contribution in [0.25, 0.3) is 0 Å². The predicted molar refractivity (Wildman–Crippen MR) is 53.7 cm³/mol.